The molecule has 0 aromatic rings. The molecule has 1 aliphatic heterocycles. The van der Waals surface area contributed by atoms with Crippen LogP contribution >= 0.6 is 0 Å². The van der Waals surface area contributed by atoms with Crippen LogP contribution in [-0.4, -0.2) is 100 Å². The van der Waals surface area contributed by atoms with Gasteiger partial charge in [0.05, 0.1) is 29.3 Å². The summed E-state index contributed by atoms with van der Waals surface area (Å²) in [5.74, 6) is -2.03. The average molecular weight is 657 g/mol. The number of hydrogen-bond acceptors (Lipinski definition) is 10. The van der Waals surface area contributed by atoms with Crippen LogP contribution in [0, 0.1) is 51.8 Å². The molecule has 5 saturated carbocycles. The number of carbonyl (C=O) groups is 2. The molecular formula is C37H56N2O8. The van der Waals surface area contributed by atoms with Crippen LogP contribution in [0.15, 0.2) is 23.3 Å². The third kappa shape index (κ3) is 3.98. The highest BCUT2D eigenvalue weighted by atomic mass is 16.5. The van der Waals surface area contributed by atoms with Gasteiger partial charge in [0.1, 0.15) is 18.0 Å². The molecule has 13 unspecified atom stereocenters. The number of nitrogens with one attached hydrogen (secondary N) is 2. The van der Waals surface area contributed by atoms with Gasteiger partial charge in [-0.3, -0.25) is 0 Å². The molecule has 10 heteroatoms. The second-order valence-electron chi connectivity index (χ2n) is 17.0. The fraction of sp³-hybridized carbons (Fsp3) is 0.838. The number of rotatable bonds is 8. The maximum Gasteiger partial charge on any atom is 0.331 e. The van der Waals surface area contributed by atoms with Crippen molar-refractivity contribution in [2.45, 2.75) is 108 Å². The zero-order valence-electron chi connectivity index (χ0n) is 28.5. The standard InChI is InChI=1S/C37H56N2O8/c1-21(2)22-5-6-26-28(42)7-10-33(19-40)29-8-9-32(3)34(20-41)24(17-36(32,45)35(29,44)16-25(13-22)37(26,33)46)14-23(18-39-12-11-38-4)31-27(34)15-30(43)47-31/h14-15,19,21-22,24-26,28-29,31,38-39,41-42,44-46H,5-13,16-18,20H2,1-4H3. The van der Waals surface area contributed by atoms with E-state index in [4.69, 9.17) is 4.74 Å². The molecule has 5 fully saturated rings. The maximum atomic E-state index is 13.6. The van der Waals surface area contributed by atoms with E-state index in [9.17, 15) is 35.1 Å². The molecule has 1 heterocycles. The molecular weight excluding hydrogens is 600 g/mol. The first-order chi connectivity index (χ1) is 22.2. The number of fused-ring (bicyclic) bond motifs is 8. The van der Waals surface area contributed by atoms with Crippen molar-refractivity contribution in [3.05, 3.63) is 23.3 Å². The molecule has 0 saturated heterocycles. The lowest BCUT2D eigenvalue weighted by Crippen LogP contribution is -2.81. The summed E-state index contributed by atoms with van der Waals surface area (Å²) in [7, 11) is 1.88. The number of allylic oxidation sites excluding steroid dienone is 1. The normalized spacial score (nSPS) is 51.4. The summed E-state index contributed by atoms with van der Waals surface area (Å²) in [4.78, 5) is 26.6. The van der Waals surface area contributed by atoms with Crippen molar-refractivity contribution >= 4 is 12.3 Å². The first-order valence-corrected chi connectivity index (χ1v) is 18.2. The van der Waals surface area contributed by atoms with Crippen LogP contribution < -0.4 is 10.6 Å². The Morgan fingerprint density at radius 3 is 2.53 bits per heavy atom. The molecule has 262 valence electrons. The highest BCUT2D eigenvalue weighted by Crippen LogP contribution is 2.79. The molecule has 10 nitrogen and oxygen atoms in total. The molecule has 0 radical (unpaired) electrons. The lowest BCUT2D eigenvalue weighted by molar-refractivity contribution is -0.345. The minimum Gasteiger partial charge on any atom is -0.450 e. The van der Waals surface area contributed by atoms with Gasteiger partial charge in [-0.15, -0.1) is 0 Å². The molecule has 0 amide bonds. The van der Waals surface area contributed by atoms with Crippen molar-refractivity contribution in [3.63, 3.8) is 0 Å². The monoisotopic (exact) mass is 656 g/mol. The minimum absolute atomic E-state index is 0.108. The van der Waals surface area contributed by atoms with Crippen LogP contribution in [0.25, 0.3) is 0 Å². The van der Waals surface area contributed by atoms with Crippen molar-refractivity contribution in [3.8, 4) is 0 Å². The Hall–Kier alpha value is -1.66. The number of aliphatic hydroxyl groups is 5. The second-order valence-corrected chi connectivity index (χ2v) is 17.0. The van der Waals surface area contributed by atoms with Crippen LogP contribution in [0.2, 0.25) is 0 Å². The van der Waals surface area contributed by atoms with Gasteiger partial charge < -0.3 is 45.7 Å². The molecule has 6 aliphatic carbocycles. The van der Waals surface area contributed by atoms with E-state index in [0.717, 1.165) is 24.8 Å². The molecule has 7 aliphatic rings. The fourth-order valence-corrected chi connectivity index (χ4v) is 13.1. The summed E-state index contributed by atoms with van der Waals surface area (Å²) >= 11 is 0. The second kappa shape index (κ2) is 11.2. The van der Waals surface area contributed by atoms with Crippen LogP contribution in [0.5, 0.6) is 0 Å². The Bertz CT molecular complexity index is 1370. The molecule has 7 rings (SSSR count). The van der Waals surface area contributed by atoms with E-state index in [1.165, 1.54) is 6.08 Å². The summed E-state index contributed by atoms with van der Waals surface area (Å²) in [5.41, 5.74) is -6.93. The lowest BCUT2D eigenvalue weighted by atomic mass is 9.35. The van der Waals surface area contributed by atoms with Gasteiger partial charge in [0.2, 0.25) is 0 Å². The number of hydrogen-bond donors (Lipinski definition) is 7. The van der Waals surface area contributed by atoms with Crippen LogP contribution in [0.3, 0.4) is 0 Å². The Morgan fingerprint density at radius 2 is 1.85 bits per heavy atom. The van der Waals surface area contributed by atoms with E-state index < -0.39 is 74.9 Å². The van der Waals surface area contributed by atoms with Crippen molar-refractivity contribution in [1.82, 2.24) is 10.6 Å². The van der Waals surface area contributed by atoms with Crippen LogP contribution in [0.4, 0.5) is 0 Å². The zero-order valence-corrected chi connectivity index (χ0v) is 28.5. The van der Waals surface area contributed by atoms with Gasteiger partial charge in [-0.05, 0) is 99.7 Å². The van der Waals surface area contributed by atoms with Gasteiger partial charge in [0.15, 0.2) is 0 Å². The molecule has 7 N–H and O–H groups in total. The highest BCUT2D eigenvalue weighted by molar-refractivity contribution is 5.87. The van der Waals surface area contributed by atoms with E-state index in [2.05, 4.69) is 30.6 Å². The summed E-state index contributed by atoms with van der Waals surface area (Å²) < 4.78 is 5.87. The largest absolute Gasteiger partial charge is 0.450 e. The van der Waals surface area contributed by atoms with Gasteiger partial charge in [0, 0.05) is 48.4 Å². The van der Waals surface area contributed by atoms with Crippen LogP contribution in [0.1, 0.15) is 78.6 Å². The molecule has 0 aromatic heterocycles. The van der Waals surface area contributed by atoms with E-state index in [1.807, 2.05) is 14.0 Å². The van der Waals surface area contributed by atoms with E-state index in [1.54, 1.807) is 0 Å². The first-order valence-electron chi connectivity index (χ1n) is 18.2. The van der Waals surface area contributed by atoms with E-state index in [0.29, 0.717) is 56.7 Å². The zero-order chi connectivity index (χ0) is 33.8. The first kappa shape index (κ1) is 33.8. The Morgan fingerprint density at radius 1 is 1.09 bits per heavy atom. The number of aliphatic hydroxyl groups excluding tert-OH is 2. The van der Waals surface area contributed by atoms with Crippen molar-refractivity contribution in [2.75, 3.05) is 33.3 Å². The van der Waals surface area contributed by atoms with Crippen molar-refractivity contribution in [2.24, 2.45) is 51.8 Å². The molecule has 0 spiro atoms. The Labute approximate surface area is 278 Å². The number of carbonyl (C=O) groups excluding carboxylic acids is 2. The van der Waals surface area contributed by atoms with Crippen molar-refractivity contribution in [1.29, 1.82) is 0 Å². The van der Waals surface area contributed by atoms with Gasteiger partial charge in [-0.2, -0.15) is 0 Å². The number of aldehydes is 1. The van der Waals surface area contributed by atoms with E-state index in [-0.39, 0.29) is 31.8 Å². The SMILES string of the molecule is CNCCNCC1=CC2CC3(O)C4(O)CC5CC(C(C)C)CCC6C(O)CCC(C=O)(C4CCC3(C)C2(CO)C2=CC(=O)OC12)C56O. The smallest absolute Gasteiger partial charge is 0.331 e. The summed E-state index contributed by atoms with van der Waals surface area (Å²) in [6.07, 6.45) is 6.71. The van der Waals surface area contributed by atoms with Gasteiger partial charge in [-0.25, -0.2) is 4.79 Å². The van der Waals surface area contributed by atoms with Crippen molar-refractivity contribution < 1.29 is 39.9 Å². The van der Waals surface area contributed by atoms with Crippen LogP contribution in [-0.2, 0) is 14.3 Å². The third-order valence-electron chi connectivity index (χ3n) is 15.5. The molecule has 0 bridgehead atoms. The fourth-order valence-electron chi connectivity index (χ4n) is 13.1. The highest BCUT2D eigenvalue weighted by Gasteiger charge is 2.84. The maximum absolute atomic E-state index is 13.6. The number of esters is 1. The van der Waals surface area contributed by atoms with E-state index >= 15 is 0 Å². The Kier molecular flexibility index (Phi) is 8.04. The topological polar surface area (TPSA) is 169 Å². The van der Waals surface area contributed by atoms with Gasteiger partial charge in [0.25, 0.3) is 0 Å². The molecule has 47 heavy (non-hydrogen) atoms. The Balaban J connectivity index is 1.37. The predicted octanol–water partition coefficient (Wildman–Crippen LogP) is 1.63. The third-order valence-corrected chi connectivity index (χ3v) is 15.5. The van der Waals surface area contributed by atoms with Gasteiger partial charge in [-0.1, -0.05) is 26.8 Å². The summed E-state index contributed by atoms with van der Waals surface area (Å²) in [5, 5.41) is 69.2. The average Bonchev–Trinajstić information content (AvgIpc) is 3.46. The summed E-state index contributed by atoms with van der Waals surface area (Å²) in [6, 6.07) is 0. The number of ether oxygens (including phenoxy) is 1. The quantitative estimate of drug-likeness (QED) is 0.0883. The minimum atomic E-state index is -1.76. The predicted molar refractivity (Wildman–Crippen MR) is 174 cm³/mol. The lowest BCUT2D eigenvalue weighted by Gasteiger charge is -2.72. The van der Waals surface area contributed by atoms with Gasteiger partial charge >= 0.3 is 5.97 Å². The summed E-state index contributed by atoms with van der Waals surface area (Å²) in [6.45, 7) is 7.89. The molecule has 0 aromatic carbocycles. The molecule has 13 atom stereocenters. The number of likely N-dealkylation sites (N-methyl/N-ethyl adjacent to an activating group) is 1.